The van der Waals surface area contributed by atoms with Crippen molar-refractivity contribution in [2.75, 3.05) is 19.7 Å². The molecule has 1 aromatic rings. The maximum Gasteiger partial charge on any atom is 0.244 e. The van der Waals surface area contributed by atoms with Gasteiger partial charge in [0, 0.05) is 18.1 Å². The Hall–Kier alpha value is -0.630. The van der Waals surface area contributed by atoms with Crippen LogP contribution < -0.4 is 0 Å². The SMILES string of the molecule is C=CCN(CCO)S(=O)(=O)c1cc(Cl)cc(CO)c1Cl. The highest BCUT2D eigenvalue weighted by Crippen LogP contribution is 2.31. The van der Waals surface area contributed by atoms with Gasteiger partial charge in [0.1, 0.15) is 4.90 Å². The van der Waals surface area contributed by atoms with E-state index in [2.05, 4.69) is 6.58 Å². The molecule has 20 heavy (non-hydrogen) atoms. The number of sulfonamides is 1. The van der Waals surface area contributed by atoms with E-state index in [0.717, 1.165) is 4.31 Å². The average molecular weight is 340 g/mol. The molecule has 2 N–H and O–H groups in total. The number of rotatable bonds is 7. The van der Waals surface area contributed by atoms with Gasteiger partial charge in [0.05, 0.1) is 18.2 Å². The molecule has 0 atom stereocenters. The van der Waals surface area contributed by atoms with Gasteiger partial charge >= 0.3 is 0 Å². The van der Waals surface area contributed by atoms with E-state index in [-0.39, 0.29) is 40.2 Å². The first-order valence-corrected chi connectivity index (χ1v) is 7.88. The van der Waals surface area contributed by atoms with Crippen LogP contribution in [0.25, 0.3) is 0 Å². The van der Waals surface area contributed by atoms with Crippen LogP contribution in [0.3, 0.4) is 0 Å². The molecule has 1 aromatic carbocycles. The van der Waals surface area contributed by atoms with Crippen molar-refractivity contribution in [2.45, 2.75) is 11.5 Å². The van der Waals surface area contributed by atoms with E-state index in [1.54, 1.807) is 0 Å². The second-order valence-electron chi connectivity index (χ2n) is 3.91. The zero-order valence-corrected chi connectivity index (χ0v) is 12.9. The fourth-order valence-corrected chi connectivity index (χ4v) is 3.93. The number of nitrogens with zero attached hydrogens (tertiary/aromatic N) is 1. The molecule has 0 aliphatic rings. The van der Waals surface area contributed by atoms with Crippen LogP contribution in [0.2, 0.25) is 10.0 Å². The third-order valence-corrected chi connectivity index (χ3v) is 5.22. The largest absolute Gasteiger partial charge is 0.395 e. The molecule has 5 nitrogen and oxygen atoms in total. The van der Waals surface area contributed by atoms with E-state index in [0.29, 0.717) is 0 Å². The molecule has 0 unspecified atom stereocenters. The van der Waals surface area contributed by atoms with E-state index in [1.807, 2.05) is 0 Å². The lowest BCUT2D eigenvalue weighted by Gasteiger charge is -2.21. The summed E-state index contributed by atoms with van der Waals surface area (Å²) < 4.78 is 26.0. The topological polar surface area (TPSA) is 77.8 Å². The highest BCUT2D eigenvalue weighted by molar-refractivity contribution is 7.89. The Kier molecular flexibility index (Phi) is 6.44. The van der Waals surface area contributed by atoms with Crippen LogP contribution >= 0.6 is 23.2 Å². The first kappa shape index (κ1) is 17.4. The molecule has 0 heterocycles. The summed E-state index contributed by atoms with van der Waals surface area (Å²) >= 11 is 11.8. The average Bonchev–Trinajstić information content (AvgIpc) is 2.40. The summed E-state index contributed by atoms with van der Waals surface area (Å²) in [4.78, 5) is -0.203. The minimum Gasteiger partial charge on any atom is -0.395 e. The predicted octanol–water partition coefficient (Wildman–Crippen LogP) is 1.65. The van der Waals surface area contributed by atoms with Gasteiger partial charge in [0.2, 0.25) is 10.0 Å². The number of benzene rings is 1. The minimum absolute atomic E-state index is 0.0280. The Labute approximate surface area is 128 Å². The quantitative estimate of drug-likeness (QED) is 0.740. The molecule has 0 amide bonds. The van der Waals surface area contributed by atoms with Crippen LogP contribution in [0.4, 0.5) is 0 Å². The second-order valence-corrected chi connectivity index (χ2v) is 6.63. The lowest BCUT2D eigenvalue weighted by atomic mass is 10.2. The first-order chi connectivity index (χ1) is 9.38. The number of hydrogen-bond donors (Lipinski definition) is 2. The summed E-state index contributed by atoms with van der Waals surface area (Å²) in [6.07, 6.45) is 1.40. The molecule has 112 valence electrons. The van der Waals surface area contributed by atoms with Crippen molar-refractivity contribution in [1.82, 2.24) is 4.31 Å². The molecule has 0 saturated carbocycles. The monoisotopic (exact) mass is 339 g/mol. The van der Waals surface area contributed by atoms with E-state index in [1.165, 1.54) is 18.2 Å². The normalized spacial score (nSPS) is 11.8. The Balaban J connectivity index is 3.40. The van der Waals surface area contributed by atoms with Gasteiger partial charge in [-0.3, -0.25) is 0 Å². The van der Waals surface area contributed by atoms with Gasteiger partial charge in [-0.05, 0) is 17.7 Å². The van der Waals surface area contributed by atoms with Crippen molar-refractivity contribution >= 4 is 33.2 Å². The smallest absolute Gasteiger partial charge is 0.244 e. The van der Waals surface area contributed by atoms with Gasteiger partial charge < -0.3 is 10.2 Å². The molecule has 0 radical (unpaired) electrons. The van der Waals surface area contributed by atoms with Crippen molar-refractivity contribution in [3.8, 4) is 0 Å². The Morgan fingerprint density at radius 1 is 1.30 bits per heavy atom. The molecule has 0 bridgehead atoms. The molecular weight excluding hydrogens is 325 g/mol. The van der Waals surface area contributed by atoms with Gasteiger partial charge in [-0.2, -0.15) is 4.31 Å². The lowest BCUT2D eigenvalue weighted by Crippen LogP contribution is -2.34. The fourth-order valence-electron chi connectivity index (χ4n) is 1.63. The first-order valence-electron chi connectivity index (χ1n) is 5.69. The maximum atomic E-state index is 12.5. The van der Waals surface area contributed by atoms with Crippen LogP contribution in [0, 0.1) is 0 Å². The van der Waals surface area contributed by atoms with Crippen molar-refractivity contribution < 1.29 is 18.6 Å². The molecule has 0 aromatic heterocycles. The predicted molar refractivity (Wildman–Crippen MR) is 78.4 cm³/mol. The Bertz CT molecular complexity index is 589. The maximum absolute atomic E-state index is 12.5. The van der Waals surface area contributed by atoms with Gasteiger partial charge in [0.15, 0.2) is 0 Å². The molecule has 0 spiro atoms. The zero-order chi connectivity index (χ0) is 15.3. The van der Waals surface area contributed by atoms with Crippen LogP contribution in [0.5, 0.6) is 0 Å². The minimum atomic E-state index is -3.94. The van der Waals surface area contributed by atoms with E-state index >= 15 is 0 Å². The molecule has 1 rings (SSSR count). The van der Waals surface area contributed by atoms with Crippen molar-refractivity contribution in [3.63, 3.8) is 0 Å². The number of hydrogen-bond acceptors (Lipinski definition) is 4. The molecule has 8 heteroatoms. The summed E-state index contributed by atoms with van der Waals surface area (Å²) in [6.45, 7) is 2.65. The van der Waals surface area contributed by atoms with Crippen LogP contribution in [-0.4, -0.2) is 42.6 Å². The number of halogens is 2. The standard InChI is InChI=1S/C12H15Cl2NO4S/c1-2-3-15(4-5-16)20(18,19)11-7-10(13)6-9(8-17)12(11)14/h2,6-7,16-17H,1,3-5,8H2. The van der Waals surface area contributed by atoms with E-state index in [4.69, 9.17) is 28.3 Å². The van der Waals surface area contributed by atoms with Gasteiger partial charge in [-0.1, -0.05) is 29.3 Å². The van der Waals surface area contributed by atoms with Crippen LogP contribution in [-0.2, 0) is 16.6 Å². The van der Waals surface area contributed by atoms with Crippen LogP contribution in [0.15, 0.2) is 29.7 Å². The summed E-state index contributed by atoms with van der Waals surface area (Å²) in [5.41, 5.74) is 0.222. The molecular formula is C12H15Cl2NO4S. The zero-order valence-electron chi connectivity index (χ0n) is 10.6. The molecule has 0 saturated heterocycles. The highest BCUT2D eigenvalue weighted by Gasteiger charge is 2.27. The third kappa shape index (κ3) is 3.72. The summed E-state index contributed by atoms with van der Waals surface area (Å²) in [6, 6.07) is 2.61. The number of aliphatic hydroxyl groups excluding tert-OH is 2. The third-order valence-electron chi connectivity index (χ3n) is 2.55. The van der Waals surface area contributed by atoms with Gasteiger partial charge in [0.25, 0.3) is 0 Å². The molecule has 0 fully saturated rings. The van der Waals surface area contributed by atoms with E-state index < -0.39 is 16.6 Å². The lowest BCUT2D eigenvalue weighted by molar-refractivity contribution is 0.260. The van der Waals surface area contributed by atoms with Crippen molar-refractivity contribution in [3.05, 3.63) is 40.4 Å². The van der Waals surface area contributed by atoms with Crippen molar-refractivity contribution in [1.29, 1.82) is 0 Å². The summed E-state index contributed by atoms with van der Waals surface area (Å²) in [5, 5.41) is 18.2. The van der Waals surface area contributed by atoms with Crippen molar-refractivity contribution in [2.24, 2.45) is 0 Å². The highest BCUT2D eigenvalue weighted by atomic mass is 35.5. The van der Waals surface area contributed by atoms with Gasteiger partial charge in [-0.25, -0.2) is 8.42 Å². The summed E-state index contributed by atoms with van der Waals surface area (Å²) in [5.74, 6) is 0. The molecule has 0 aliphatic carbocycles. The Morgan fingerprint density at radius 3 is 2.45 bits per heavy atom. The Morgan fingerprint density at radius 2 is 1.95 bits per heavy atom. The summed E-state index contributed by atoms with van der Waals surface area (Å²) in [7, 11) is -3.94. The fraction of sp³-hybridized carbons (Fsp3) is 0.333. The van der Waals surface area contributed by atoms with Gasteiger partial charge in [-0.15, -0.1) is 6.58 Å². The molecule has 0 aliphatic heterocycles. The van der Waals surface area contributed by atoms with E-state index in [9.17, 15) is 13.5 Å². The number of aliphatic hydroxyl groups is 2. The second kappa shape index (κ2) is 7.40. The van der Waals surface area contributed by atoms with Crippen LogP contribution in [0.1, 0.15) is 5.56 Å².